The van der Waals surface area contributed by atoms with E-state index < -0.39 is 0 Å². The largest absolute Gasteiger partial charge is 0.352 e. The van der Waals surface area contributed by atoms with Crippen LogP contribution in [0.25, 0.3) is 0 Å². The standard InChI is InChI=1S/C10H10FNO2/c11-9-3-1-8(2-4-9)5-10(14)6-12-7-13/h1-4,7H,5-6H2,(H,12,13). The van der Waals surface area contributed by atoms with Crippen LogP contribution in [0.5, 0.6) is 0 Å². The van der Waals surface area contributed by atoms with Gasteiger partial charge in [0.05, 0.1) is 6.54 Å². The number of hydrogen-bond donors (Lipinski definition) is 1. The highest BCUT2D eigenvalue weighted by Crippen LogP contribution is 2.03. The molecule has 14 heavy (non-hydrogen) atoms. The number of Topliss-reactive ketones (excluding diaryl/α,β-unsaturated/α-hetero) is 1. The molecule has 1 rings (SSSR count). The summed E-state index contributed by atoms with van der Waals surface area (Å²) in [5, 5.41) is 2.28. The van der Waals surface area contributed by atoms with Crippen LogP contribution in [0.1, 0.15) is 5.56 Å². The summed E-state index contributed by atoms with van der Waals surface area (Å²) in [6.07, 6.45) is 0.684. The molecule has 0 aliphatic heterocycles. The van der Waals surface area contributed by atoms with Crippen molar-refractivity contribution in [3.05, 3.63) is 35.6 Å². The lowest BCUT2D eigenvalue weighted by Gasteiger charge is -1.99. The molecule has 1 aromatic carbocycles. The number of carbonyl (C=O) groups is 2. The quantitative estimate of drug-likeness (QED) is 0.702. The molecule has 1 N–H and O–H groups in total. The zero-order chi connectivity index (χ0) is 10.4. The van der Waals surface area contributed by atoms with Gasteiger partial charge in [-0.3, -0.25) is 9.59 Å². The van der Waals surface area contributed by atoms with Gasteiger partial charge in [0.1, 0.15) is 5.82 Å². The average Bonchev–Trinajstić information content (AvgIpc) is 2.18. The maximum Gasteiger partial charge on any atom is 0.207 e. The van der Waals surface area contributed by atoms with Crippen LogP contribution in [-0.4, -0.2) is 18.7 Å². The lowest BCUT2D eigenvalue weighted by molar-refractivity contribution is -0.119. The molecule has 0 atom stereocenters. The molecule has 0 unspecified atom stereocenters. The van der Waals surface area contributed by atoms with Crippen molar-refractivity contribution in [3.8, 4) is 0 Å². The first-order chi connectivity index (χ1) is 6.72. The molecule has 0 spiro atoms. The molecule has 74 valence electrons. The van der Waals surface area contributed by atoms with Crippen molar-refractivity contribution in [3.63, 3.8) is 0 Å². The minimum absolute atomic E-state index is 0.0148. The fourth-order valence-electron chi connectivity index (χ4n) is 1.05. The van der Waals surface area contributed by atoms with Gasteiger partial charge in [-0.05, 0) is 17.7 Å². The first kappa shape index (κ1) is 10.4. The van der Waals surface area contributed by atoms with E-state index in [-0.39, 0.29) is 24.6 Å². The van der Waals surface area contributed by atoms with E-state index in [1.54, 1.807) is 12.1 Å². The molecule has 0 saturated heterocycles. The SMILES string of the molecule is O=CNCC(=O)Cc1ccc(F)cc1. The third-order valence-corrected chi connectivity index (χ3v) is 1.70. The van der Waals surface area contributed by atoms with Crippen LogP contribution in [0.2, 0.25) is 0 Å². The Morgan fingerprint density at radius 3 is 2.57 bits per heavy atom. The number of carbonyl (C=O) groups excluding carboxylic acids is 2. The molecule has 0 heterocycles. The number of rotatable bonds is 5. The van der Waals surface area contributed by atoms with Gasteiger partial charge in [-0.1, -0.05) is 12.1 Å². The van der Waals surface area contributed by atoms with E-state index in [2.05, 4.69) is 5.32 Å². The molecule has 0 radical (unpaired) electrons. The van der Waals surface area contributed by atoms with Gasteiger partial charge in [-0.15, -0.1) is 0 Å². The van der Waals surface area contributed by atoms with E-state index >= 15 is 0 Å². The maximum absolute atomic E-state index is 12.5. The van der Waals surface area contributed by atoms with Crippen LogP contribution in [0.4, 0.5) is 4.39 Å². The number of ketones is 1. The second kappa shape index (κ2) is 5.11. The molecular formula is C10H10FNO2. The first-order valence-corrected chi connectivity index (χ1v) is 4.15. The van der Waals surface area contributed by atoms with E-state index in [0.29, 0.717) is 6.41 Å². The van der Waals surface area contributed by atoms with Crippen molar-refractivity contribution in [1.82, 2.24) is 5.32 Å². The highest BCUT2D eigenvalue weighted by Gasteiger charge is 2.02. The van der Waals surface area contributed by atoms with Crippen molar-refractivity contribution in [2.75, 3.05) is 6.54 Å². The molecule has 3 nitrogen and oxygen atoms in total. The Balaban J connectivity index is 2.47. The Kier molecular flexibility index (Phi) is 3.79. The monoisotopic (exact) mass is 195 g/mol. The smallest absolute Gasteiger partial charge is 0.207 e. The summed E-state index contributed by atoms with van der Waals surface area (Å²) in [4.78, 5) is 21.0. The molecule has 0 aliphatic carbocycles. The molecule has 0 saturated carbocycles. The molecule has 0 aliphatic rings. The van der Waals surface area contributed by atoms with Crippen molar-refractivity contribution in [1.29, 1.82) is 0 Å². The van der Waals surface area contributed by atoms with E-state index in [9.17, 15) is 14.0 Å². The number of nitrogens with one attached hydrogen (secondary N) is 1. The summed E-state index contributed by atoms with van der Waals surface area (Å²) >= 11 is 0. The summed E-state index contributed by atoms with van der Waals surface area (Å²) in [6, 6.07) is 5.70. The van der Waals surface area contributed by atoms with Crippen LogP contribution in [0.3, 0.4) is 0 Å². The fourth-order valence-corrected chi connectivity index (χ4v) is 1.05. The zero-order valence-corrected chi connectivity index (χ0v) is 7.50. The molecule has 1 amide bonds. The minimum Gasteiger partial charge on any atom is -0.352 e. The molecule has 1 aromatic rings. The maximum atomic E-state index is 12.5. The summed E-state index contributed by atoms with van der Waals surface area (Å²) in [6.45, 7) is 0.0148. The lowest BCUT2D eigenvalue weighted by Crippen LogP contribution is -2.22. The molecule has 0 fully saturated rings. The lowest BCUT2D eigenvalue weighted by atomic mass is 10.1. The van der Waals surface area contributed by atoms with Gasteiger partial charge in [-0.2, -0.15) is 0 Å². The Labute approximate surface area is 80.9 Å². The fraction of sp³-hybridized carbons (Fsp3) is 0.200. The van der Waals surface area contributed by atoms with Gasteiger partial charge >= 0.3 is 0 Å². The van der Waals surface area contributed by atoms with Crippen LogP contribution in [-0.2, 0) is 16.0 Å². The zero-order valence-electron chi connectivity index (χ0n) is 7.50. The van der Waals surface area contributed by atoms with E-state index in [1.165, 1.54) is 12.1 Å². The molecule has 0 bridgehead atoms. The van der Waals surface area contributed by atoms with Crippen molar-refractivity contribution in [2.45, 2.75) is 6.42 Å². The van der Waals surface area contributed by atoms with Gasteiger partial charge in [-0.25, -0.2) is 4.39 Å². The summed E-state index contributed by atoms with van der Waals surface area (Å²) in [5.74, 6) is -0.434. The normalized spacial score (nSPS) is 9.50. The Morgan fingerprint density at radius 1 is 1.36 bits per heavy atom. The highest BCUT2D eigenvalue weighted by atomic mass is 19.1. The Morgan fingerprint density at radius 2 is 2.00 bits per heavy atom. The van der Waals surface area contributed by atoms with E-state index in [1.807, 2.05) is 0 Å². The number of benzene rings is 1. The van der Waals surface area contributed by atoms with Crippen LogP contribution >= 0.6 is 0 Å². The van der Waals surface area contributed by atoms with Crippen LogP contribution in [0.15, 0.2) is 24.3 Å². The van der Waals surface area contributed by atoms with Crippen LogP contribution in [0, 0.1) is 5.82 Å². The molecule has 0 aromatic heterocycles. The van der Waals surface area contributed by atoms with Crippen molar-refractivity contribution < 1.29 is 14.0 Å². The number of amides is 1. The first-order valence-electron chi connectivity index (χ1n) is 4.15. The number of halogens is 1. The third kappa shape index (κ3) is 3.35. The topological polar surface area (TPSA) is 46.2 Å². The highest BCUT2D eigenvalue weighted by molar-refractivity contribution is 5.84. The minimum atomic E-state index is -0.327. The molecular weight excluding hydrogens is 185 g/mol. The van der Waals surface area contributed by atoms with Gasteiger partial charge in [0.25, 0.3) is 0 Å². The van der Waals surface area contributed by atoms with Gasteiger partial charge in [0, 0.05) is 6.42 Å². The molecule has 4 heteroatoms. The van der Waals surface area contributed by atoms with E-state index in [0.717, 1.165) is 5.56 Å². The number of hydrogen-bond acceptors (Lipinski definition) is 2. The van der Waals surface area contributed by atoms with Crippen LogP contribution < -0.4 is 5.32 Å². The predicted octanol–water partition coefficient (Wildman–Crippen LogP) is 0.683. The Bertz CT molecular complexity index is 321. The summed E-state index contributed by atoms with van der Waals surface area (Å²) < 4.78 is 12.5. The van der Waals surface area contributed by atoms with Gasteiger partial charge in [0.2, 0.25) is 6.41 Å². The van der Waals surface area contributed by atoms with Crippen molar-refractivity contribution in [2.24, 2.45) is 0 Å². The summed E-state index contributed by atoms with van der Waals surface area (Å²) in [7, 11) is 0. The van der Waals surface area contributed by atoms with E-state index in [4.69, 9.17) is 0 Å². The summed E-state index contributed by atoms with van der Waals surface area (Å²) in [5.41, 5.74) is 0.740. The van der Waals surface area contributed by atoms with Crippen molar-refractivity contribution >= 4 is 12.2 Å². The third-order valence-electron chi connectivity index (χ3n) is 1.70. The predicted molar refractivity (Wildman–Crippen MR) is 49.2 cm³/mol. The Hall–Kier alpha value is -1.71. The van der Waals surface area contributed by atoms with Gasteiger partial charge in [0.15, 0.2) is 5.78 Å². The second-order valence-electron chi connectivity index (χ2n) is 2.84. The average molecular weight is 195 g/mol. The van der Waals surface area contributed by atoms with Gasteiger partial charge < -0.3 is 5.32 Å². The second-order valence-corrected chi connectivity index (χ2v) is 2.84.